The fourth-order valence-electron chi connectivity index (χ4n) is 2.42. The quantitative estimate of drug-likeness (QED) is 0.924. The van der Waals surface area contributed by atoms with Gasteiger partial charge in [-0.05, 0) is 55.5 Å². The molecule has 1 fully saturated rings. The summed E-state index contributed by atoms with van der Waals surface area (Å²) in [6.07, 6.45) is 2.62. The third-order valence-corrected chi connectivity index (χ3v) is 4.24. The van der Waals surface area contributed by atoms with Crippen molar-refractivity contribution >= 4 is 11.6 Å². The third kappa shape index (κ3) is 2.96. The van der Waals surface area contributed by atoms with Crippen molar-refractivity contribution in [2.24, 2.45) is 11.8 Å². The topological polar surface area (TPSA) is 51.2 Å². The molecule has 0 bridgehead atoms. The Hall–Kier alpha value is -2.36. The van der Waals surface area contributed by atoms with E-state index in [1.165, 1.54) is 0 Å². The second kappa shape index (κ2) is 5.79. The van der Waals surface area contributed by atoms with Crippen molar-refractivity contribution in [1.29, 1.82) is 0 Å². The van der Waals surface area contributed by atoms with Gasteiger partial charge in [0.1, 0.15) is 11.4 Å². The number of aromatic nitrogens is 1. The van der Waals surface area contributed by atoms with E-state index in [0.717, 1.165) is 23.3 Å². The maximum Gasteiger partial charge on any atom is 0.243 e. The molecule has 114 valence electrons. The molecule has 1 aromatic heterocycles. The molecule has 1 heterocycles. The summed E-state index contributed by atoms with van der Waals surface area (Å²) in [6, 6.07) is 9.51. The van der Waals surface area contributed by atoms with E-state index in [-0.39, 0.29) is 11.8 Å². The summed E-state index contributed by atoms with van der Waals surface area (Å²) in [6.45, 7) is 6.14. The van der Waals surface area contributed by atoms with Crippen LogP contribution in [0.3, 0.4) is 0 Å². The Bertz CT molecular complexity index is 712. The highest BCUT2D eigenvalue weighted by molar-refractivity contribution is 5.95. The molecule has 0 saturated heterocycles. The molecule has 0 radical (unpaired) electrons. The van der Waals surface area contributed by atoms with Crippen LogP contribution in [-0.4, -0.2) is 10.9 Å². The molecule has 0 spiro atoms. The Morgan fingerprint density at radius 2 is 2.05 bits per heavy atom. The number of benzene rings is 1. The number of carbonyl (C=O) groups excluding carboxylic acids is 1. The Balaban J connectivity index is 1.82. The molecule has 3 rings (SSSR count). The van der Waals surface area contributed by atoms with Gasteiger partial charge in [-0.15, -0.1) is 0 Å². The van der Waals surface area contributed by atoms with Crippen molar-refractivity contribution < 1.29 is 9.53 Å². The molecule has 4 heteroatoms. The minimum atomic E-state index is 0.0475. The zero-order valence-electron chi connectivity index (χ0n) is 13.1. The monoisotopic (exact) mass is 296 g/mol. The number of aryl methyl sites for hydroxylation is 1. The molecule has 1 aromatic carbocycles. The third-order valence-electron chi connectivity index (χ3n) is 4.24. The van der Waals surface area contributed by atoms with Gasteiger partial charge in [0.05, 0.1) is 0 Å². The molecule has 1 saturated carbocycles. The minimum Gasteiger partial charge on any atom is -0.437 e. The first-order valence-electron chi connectivity index (χ1n) is 7.56. The Labute approximate surface area is 130 Å². The minimum absolute atomic E-state index is 0.0475. The number of rotatable bonds is 4. The molecule has 0 aliphatic heterocycles. The van der Waals surface area contributed by atoms with E-state index in [9.17, 15) is 4.79 Å². The highest BCUT2D eigenvalue weighted by atomic mass is 16.5. The van der Waals surface area contributed by atoms with Crippen LogP contribution < -0.4 is 10.1 Å². The normalized spacial score (nSPS) is 19.6. The Morgan fingerprint density at radius 1 is 1.27 bits per heavy atom. The van der Waals surface area contributed by atoms with Crippen molar-refractivity contribution in [3.8, 4) is 11.6 Å². The van der Waals surface area contributed by atoms with E-state index in [4.69, 9.17) is 4.74 Å². The average Bonchev–Trinajstić information content (AvgIpc) is 3.23. The summed E-state index contributed by atoms with van der Waals surface area (Å²) in [5.74, 6) is 1.83. The van der Waals surface area contributed by atoms with E-state index in [2.05, 4.69) is 17.2 Å². The van der Waals surface area contributed by atoms with E-state index in [1.54, 1.807) is 12.3 Å². The number of hydrogen-bond donors (Lipinski definition) is 1. The highest BCUT2D eigenvalue weighted by Gasteiger charge is 2.39. The lowest BCUT2D eigenvalue weighted by atomic mass is 10.1. The molecule has 1 N–H and O–H groups in total. The van der Waals surface area contributed by atoms with E-state index in [0.29, 0.717) is 17.5 Å². The molecule has 2 unspecified atom stereocenters. The fraction of sp³-hybridized carbons (Fsp3) is 0.333. The van der Waals surface area contributed by atoms with Crippen molar-refractivity contribution in [2.75, 3.05) is 5.32 Å². The van der Waals surface area contributed by atoms with Gasteiger partial charge in [0.2, 0.25) is 11.8 Å². The summed E-state index contributed by atoms with van der Waals surface area (Å²) in [7, 11) is 0. The molecule has 22 heavy (non-hydrogen) atoms. The van der Waals surface area contributed by atoms with Crippen LogP contribution in [0.5, 0.6) is 11.6 Å². The average molecular weight is 296 g/mol. The summed E-state index contributed by atoms with van der Waals surface area (Å²) < 4.78 is 5.92. The standard InChI is InChI=1S/C18H20N2O2/c1-11-6-4-8-16(13(11)3)22-18-15(7-5-9-19-18)20-17(21)14-10-12(14)2/h4-9,12,14H,10H2,1-3H3,(H,20,21). The molecule has 1 aliphatic carbocycles. The lowest BCUT2D eigenvalue weighted by Gasteiger charge is -2.13. The van der Waals surface area contributed by atoms with Crippen LogP contribution in [0, 0.1) is 25.7 Å². The number of nitrogens with one attached hydrogen (secondary N) is 1. The van der Waals surface area contributed by atoms with Gasteiger partial charge < -0.3 is 10.1 Å². The second-order valence-electron chi connectivity index (χ2n) is 5.96. The van der Waals surface area contributed by atoms with Gasteiger partial charge in [-0.2, -0.15) is 0 Å². The molecular weight excluding hydrogens is 276 g/mol. The SMILES string of the molecule is Cc1cccc(Oc2ncccc2NC(=O)C2CC2C)c1C. The Morgan fingerprint density at radius 3 is 2.77 bits per heavy atom. The number of ether oxygens (including phenoxy) is 1. The van der Waals surface area contributed by atoms with Crippen LogP contribution >= 0.6 is 0 Å². The van der Waals surface area contributed by atoms with Gasteiger partial charge in [-0.3, -0.25) is 4.79 Å². The van der Waals surface area contributed by atoms with Crippen LogP contribution in [-0.2, 0) is 4.79 Å². The molecule has 1 amide bonds. The molecule has 2 aromatic rings. The van der Waals surface area contributed by atoms with Crippen LogP contribution in [0.15, 0.2) is 36.5 Å². The van der Waals surface area contributed by atoms with Crippen molar-refractivity contribution in [3.63, 3.8) is 0 Å². The lowest BCUT2D eigenvalue weighted by Crippen LogP contribution is -2.15. The molecule has 2 atom stereocenters. The molecule has 1 aliphatic rings. The van der Waals surface area contributed by atoms with Gasteiger partial charge in [0.15, 0.2) is 0 Å². The highest BCUT2D eigenvalue weighted by Crippen LogP contribution is 2.39. The van der Waals surface area contributed by atoms with Gasteiger partial charge in [0, 0.05) is 12.1 Å². The molecule has 4 nitrogen and oxygen atoms in total. The first-order valence-corrected chi connectivity index (χ1v) is 7.56. The predicted molar refractivity (Wildman–Crippen MR) is 86.1 cm³/mol. The van der Waals surface area contributed by atoms with E-state index in [1.807, 2.05) is 38.1 Å². The first kappa shape index (κ1) is 14.6. The maximum atomic E-state index is 12.1. The van der Waals surface area contributed by atoms with E-state index >= 15 is 0 Å². The smallest absolute Gasteiger partial charge is 0.243 e. The van der Waals surface area contributed by atoms with Crippen LogP contribution in [0.2, 0.25) is 0 Å². The van der Waals surface area contributed by atoms with Crippen molar-refractivity contribution in [1.82, 2.24) is 4.98 Å². The lowest BCUT2D eigenvalue weighted by molar-refractivity contribution is -0.117. The Kier molecular flexibility index (Phi) is 3.84. The summed E-state index contributed by atoms with van der Waals surface area (Å²) >= 11 is 0. The van der Waals surface area contributed by atoms with Crippen molar-refractivity contribution in [3.05, 3.63) is 47.7 Å². The summed E-state index contributed by atoms with van der Waals surface area (Å²) in [4.78, 5) is 16.4. The number of amides is 1. The zero-order chi connectivity index (χ0) is 15.7. The van der Waals surface area contributed by atoms with Gasteiger partial charge in [0.25, 0.3) is 0 Å². The van der Waals surface area contributed by atoms with Gasteiger partial charge in [-0.1, -0.05) is 19.1 Å². The number of nitrogens with zero attached hydrogens (tertiary/aromatic N) is 1. The number of pyridine rings is 1. The van der Waals surface area contributed by atoms with E-state index < -0.39 is 0 Å². The van der Waals surface area contributed by atoms with Gasteiger partial charge >= 0.3 is 0 Å². The number of carbonyl (C=O) groups is 1. The van der Waals surface area contributed by atoms with Crippen molar-refractivity contribution in [2.45, 2.75) is 27.2 Å². The molecular formula is C18H20N2O2. The summed E-state index contributed by atoms with van der Waals surface area (Å²) in [5, 5.41) is 2.93. The maximum absolute atomic E-state index is 12.1. The second-order valence-corrected chi connectivity index (χ2v) is 5.96. The summed E-state index contributed by atoms with van der Waals surface area (Å²) in [5.41, 5.74) is 2.85. The van der Waals surface area contributed by atoms with Crippen LogP contribution in [0.1, 0.15) is 24.5 Å². The van der Waals surface area contributed by atoms with Crippen LogP contribution in [0.4, 0.5) is 5.69 Å². The zero-order valence-corrected chi connectivity index (χ0v) is 13.1. The van der Waals surface area contributed by atoms with Gasteiger partial charge in [-0.25, -0.2) is 4.98 Å². The largest absolute Gasteiger partial charge is 0.437 e. The van der Waals surface area contributed by atoms with Crippen LogP contribution in [0.25, 0.3) is 0 Å². The predicted octanol–water partition coefficient (Wildman–Crippen LogP) is 4.09. The first-order chi connectivity index (χ1) is 10.6. The number of hydrogen-bond acceptors (Lipinski definition) is 3. The number of anilines is 1. The fourth-order valence-corrected chi connectivity index (χ4v) is 2.42.